The highest BCUT2D eigenvalue weighted by molar-refractivity contribution is 5.55. The third-order valence-electron chi connectivity index (χ3n) is 4.78. The first-order valence-electron chi connectivity index (χ1n) is 8.68. The predicted molar refractivity (Wildman–Crippen MR) is 91.9 cm³/mol. The first kappa shape index (κ1) is 15.2. The third kappa shape index (κ3) is 3.55. The minimum Gasteiger partial charge on any atom is -0.236 e. The number of benzene rings is 1. The normalized spacial score (nSPS) is 17.3. The minimum absolute atomic E-state index is 0.841. The van der Waals surface area contributed by atoms with Crippen LogP contribution in [0.1, 0.15) is 55.8 Å². The Morgan fingerprint density at radius 1 is 1.14 bits per heavy atom. The van der Waals surface area contributed by atoms with Crippen molar-refractivity contribution in [2.75, 3.05) is 0 Å². The molecule has 0 fully saturated rings. The van der Waals surface area contributed by atoms with E-state index in [1.54, 1.807) is 0 Å². The molecule has 0 bridgehead atoms. The van der Waals surface area contributed by atoms with Gasteiger partial charge < -0.3 is 0 Å². The molecule has 1 atom stereocenters. The molecule has 0 aliphatic heterocycles. The Labute approximate surface area is 134 Å². The molecule has 1 aromatic carbocycles. The molecule has 2 nitrogen and oxygen atoms in total. The predicted octanol–water partition coefficient (Wildman–Crippen LogP) is 5.14. The summed E-state index contributed by atoms with van der Waals surface area (Å²) in [6, 6.07) is 8.49. The van der Waals surface area contributed by atoms with Crippen LogP contribution in [0.3, 0.4) is 0 Å². The average molecular weight is 294 g/mol. The van der Waals surface area contributed by atoms with Gasteiger partial charge in [0, 0.05) is 17.5 Å². The van der Waals surface area contributed by atoms with Crippen molar-refractivity contribution in [1.29, 1.82) is 0 Å². The summed E-state index contributed by atoms with van der Waals surface area (Å²) < 4.78 is 0. The zero-order chi connectivity index (χ0) is 15.4. The molecule has 0 radical (unpaired) electrons. The van der Waals surface area contributed by atoms with E-state index < -0.39 is 0 Å². The van der Waals surface area contributed by atoms with Crippen LogP contribution in [0, 0.1) is 12.8 Å². The van der Waals surface area contributed by atoms with Crippen LogP contribution in [-0.2, 0) is 12.8 Å². The lowest BCUT2D eigenvalue weighted by molar-refractivity contribution is 0.404. The van der Waals surface area contributed by atoms with Crippen molar-refractivity contribution in [3.8, 4) is 11.4 Å². The van der Waals surface area contributed by atoms with Gasteiger partial charge in [0.1, 0.15) is 0 Å². The van der Waals surface area contributed by atoms with E-state index in [9.17, 15) is 0 Å². The molecule has 0 saturated heterocycles. The Kier molecular flexibility index (Phi) is 4.87. The number of hydrogen-bond acceptors (Lipinski definition) is 2. The second kappa shape index (κ2) is 7.04. The van der Waals surface area contributed by atoms with Crippen LogP contribution < -0.4 is 0 Å². The van der Waals surface area contributed by atoms with Crippen LogP contribution in [0.2, 0.25) is 0 Å². The topological polar surface area (TPSA) is 25.8 Å². The van der Waals surface area contributed by atoms with Crippen LogP contribution in [0.5, 0.6) is 0 Å². The summed E-state index contributed by atoms with van der Waals surface area (Å²) in [5.41, 5.74) is 5.05. The highest BCUT2D eigenvalue weighted by Gasteiger charge is 2.20. The van der Waals surface area contributed by atoms with Crippen molar-refractivity contribution in [1.82, 2.24) is 9.97 Å². The van der Waals surface area contributed by atoms with Crippen LogP contribution in [0.25, 0.3) is 11.4 Å². The van der Waals surface area contributed by atoms with Gasteiger partial charge in [-0.2, -0.15) is 0 Å². The molecule has 1 unspecified atom stereocenters. The molecular weight excluding hydrogens is 268 g/mol. The molecule has 116 valence electrons. The summed E-state index contributed by atoms with van der Waals surface area (Å²) in [5.74, 6) is 1.72. The summed E-state index contributed by atoms with van der Waals surface area (Å²) in [4.78, 5) is 9.44. The summed E-state index contributed by atoms with van der Waals surface area (Å²) in [5, 5.41) is 0. The van der Waals surface area contributed by atoms with Gasteiger partial charge in [-0.1, -0.05) is 62.4 Å². The lowest BCUT2D eigenvalue weighted by Crippen LogP contribution is -2.16. The number of rotatable bonds is 5. The summed E-state index contributed by atoms with van der Waals surface area (Å²) in [6.45, 7) is 4.38. The van der Waals surface area contributed by atoms with E-state index in [1.807, 2.05) is 0 Å². The Morgan fingerprint density at radius 3 is 2.73 bits per heavy atom. The smallest absolute Gasteiger partial charge is 0.159 e. The molecule has 0 spiro atoms. The van der Waals surface area contributed by atoms with E-state index in [4.69, 9.17) is 4.98 Å². The van der Waals surface area contributed by atoms with Gasteiger partial charge in [0.05, 0.1) is 0 Å². The van der Waals surface area contributed by atoms with Crippen LogP contribution >= 0.6 is 0 Å². The summed E-state index contributed by atoms with van der Waals surface area (Å²) in [7, 11) is 0. The number of nitrogens with zero attached hydrogens (tertiary/aromatic N) is 2. The van der Waals surface area contributed by atoms with Gasteiger partial charge in [-0.05, 0) is 37.7 Å². The Hall–Kier alpha value is -1.70. The molecule has 1 aliphatic carbocycles. The number of aromatic nitrogens is 2. The maximum absolute atomic E-state index is 4.83. The lowest BCUT2D eigenvalue weighted by atomic mass is 9.84. The Bertz CT molecular complexity index is 616. The molecule has 22 heavy (non-hydrogen) atoms. The number of fused-ring (bicyclic) bond motifs is 1. The SMILES string of the molecule is CCCCCC1CCc2nc(-c3ccc(C)cc3)ncc2C1. The quantitative estimate of drug-likeness (QED) is 0.714. The maximum Gasteiger partial charge on any atom is 0.159 e. The molecule has 1 aliphatic rings. The molecule has 0 amide bonds. The molecular formula is C20H26N2. The van der Waals surface area contributed by atoms with Crippen LogP contribution in [0.15, 0.2) is 30.5 Å². The van der Waals surface area contributed by atoms with Crippen LogP contribution in [0.4, 0.5) is 0 Å². The molecule has 1 aromatic heterocycles. The second-order valence-corrected chi connectivity index (χ2v) is 6.64. The van der Waals surface area contributed by atoms with Gasteiger partial charge in [0.2, 0.25) is 0 Å². The lowest BCUT2D eigenvalue weighted by Gasteiger charge is -2.23. The number of hydrogen-bond donors (Lipinski definition) is 0. The van der Waals surface area contributed by atoms with Crippen molar-refractivity contribution >= 4 is 0 Å². The van der Waals surface area contributed by atoms with Gasteiger partial charge in [-0.15, -0.1) is 0 Å². The second-order valence-electron chi connectivity index (χ2n) is 6.64. The average Bonchev–Trinajstić information content (AvgIpc) is 2.55. The largest absolute Gasteiger partial charge is 0.236 e. The van der Waals surface area contributed by atoms with Crippen molar-refractivity contribution in [2.45, 2.75) is 58.8 Å². The highest BCUT2D eigenvalue weighted by Crippen LogP contribution is 2.29. The fraction of sp³-hybridized carbons (Fsp3) is 0.500. The van der Waals surface area contributed by atoms with Crippen molar-refractivity contribution < 1.29 is 0 Å². The Morgan fingerprint density at radius 2 is 1.95 bits per heavy atom. The first-order valence-corrected chi connectivity index (χ1v) is 8.68. The van der Waals surface area contributed by atoms with Crippen molar-refractivity contribution in [3.05, 3.63) is 47.3 Å². The first-order chi connectivity index (χ1) is 10.8. The minimum atomic E-state index is 0.841. The van der Waals surface area contributed by atoms with Crippen molar-refractivity contribution in [3.63, 3.8) is 0 Å². The standard InChI is InChI=1S/C20H26N2/c1-3-4-5-6-16-9-12-19-18(13-16)14-21-20(22-19)17-10-7-15(2)8-11-17/h7-8,10-11,14,16H,3-6,9,12-13H2,1-2H3. The van der Waals surface area contributed by atoms with Gasteiger partial charge in [0.25, 0.3) is 0 Å². The van der Waals surface area contributed by atoms with Crippen LogP contribution in [-0.4, -0.2) is 9.97 Å². The van der Waals surface area contributed by atoms with E-state index in [-0.39, 0.29) is 0 Å². The summed E-state index contributed by atoms with van der Waals surface area (Å²) >= 11 is 0. The summed E-state index contributed by atoms with van der Waals surface area (Å²) in [6.07, 6.45) is 11.1. The van der Waals surface area contributed by atoms with E-state index in [0.717, 1.165) is 23.7 Å². The van der Waals surface area contributed by atoms with Gasteiger partial charge in [-0.25, -0.2) is 9.97 Å². The fourth-order valence-electron chi connectivity index (χ4n) is 3.35. The van der Waals surface area contributed by atoms with E-state index in [1.165, 1.54) is 55.3 Å². The number of unbranched alkanes of at least 4 members (excludes halogenated alkanes) is 2. The number of aryl methyl sites for hydroxylation is 2. The highest BCUT2D eigenvalue weighted by atomic mass is 14.9. The maximum atomic E-state index is 4.83. The molecule has 3 rings (SSSR count). The monoisotopic (exact) mass is 294 g/mol. The zero-order valence-electron chi connectivity index (χ0n) is 13.8. The van der Waals surface area contributed by atoms with Gasteiger partial charge in [-0.3, -0.25) is 0 Å². The van der Waals surface area contributed by atoms with Crippen molar-refractivity contribution in [2.24, 2.45) is 5.92 Å². The Balaban J connectivity index is 1.72. The third-order valence-corrected chi connectivity index (χ3v) is 4.78. The molecule has 0 saturated carbocycles. The molecule has 0 N–H and O–H groups in total. The molecule has 1 heterocycles. The fourth-order valence-corrected chi connectivity index (χ4v) is 3.35. The van der Waals surface area contributed by atoms with E-state index >= 15 is 0 Å². The van der Waals surface area contributed by atoms with Gasteiger partial charge in [0.15, 0.2) is 5.82 Å². The van der Waals surface area contributed by atoms with E-state index in [2.05, 4.69) is 49.3 Å². The van der Waals surface area contributed by atoms with Gasteiger partial charge >= 0.3 is 0 Å². The zero-order valence-corrected chi connectivity index (χ0v) is 13.8. The molecule has 2 aromatic rings. The van der Waals surface area contributed by atoms with E-state index in [0.29, 0.717) is 0 Å². The molecule has 2 heteroatoms.